The fourth-order valence-corrected chi connectivity index (χ4v) is 3.53. The van der Waals surface area contributed by atoms with Crippen molar-refractivity contribution < 1.29 is 18.6 Å². The molecule has 0 radical (unpaired) electrons. The summed E-state index contributed by atoms with van der Waals surface area (Å²) in [5, 5.41) is 11.0. The molecule has 7 nitrogen and oxygen atoms in total. The number of aryl methyl sites for hydroxylation is 2. The van der Waals surface area contributed by atoms with E-state index in [0.717, 1.165) is 48.4 Å². The maximum Gasteiger partial charge on any atom is 0.290 e. The Morgan fingerprint density at radius 1 is 1.25 bits per heavy atom. The zero-order valence-electron chi connectivity index (χ0n) is 13.7. The Bertz CT molecular complexity index is 736. The lowest BCUT2D eigenvalue weighted by Crippen LogP contribution is -2.40. The van der Waals surface area contributed by atoms with Crippen LogP contribution in [0.15, 0.2) is 15.1 Å². The number of ether oxygens (including phenoxy) is 1. The van der Waals surface area contributed by atoms with Gasteiger partial charge in [0.25, 0.3) is 5.91 Å². The Balaban J connectivity index is 1.44. The number of carbonyl (C=O) groups is 1. The second-order valence-electron chi connectivity index (χ2n) is 6.66. The van der Waals surface area contributed by atoms with Crippen LogP contribution in [0, 0.1) is 12.8 Å². The highest BCUT2D eigenvalue weighted by atomic mass is 16.5. The van der Waals surface area contributed by atoms with Gasteiger partial charge in [-0.25, -0.2) is 0 Å². The Labute approximate surface area is 139 Å². The van der Waals surface area contributed by atoms with Gasteiger partial charge in [0, 0.05) is 24.0 Å². The molecule has 3 heterocycles. The maximum absolute atomic E-state index is 12.6. The fraction of sp³-hybridized carbons (Fsp3) is 0.588. The molecular weight excluding hydrogens is 310 g/mol. The van der Waals surface area contributed by atoms with Crippen molar-refractivity contribution in [3.63, 3.8) is 0 Å². The topological polar surface area (TPSA) is 90.4 Å². The van der Waals surface area contributed by atoms with Gasteiger partial charge in [-0.1, -0.05) is 10.3 Å². The number of aromatic nitrogens is 2. The van der Waals surface area contributed by atoms with Crippen LogP contribution in [0.4, 0.5) is 0 Å². The molecule has 0 saturated carbocycles. The molecule has 4 rings (SSSR count). The van der Waals surface area contributed by atoms with E-state index in [1.165, 1.54) is 0 Å². The van der Waals surface area contributed by atoms with Crippen molar-refractivity contribution >= 4 is 5.91 Å². The molecule has 128 valence electrons. The molecule has 1 amide bonds. The van der Waals surface area contributed by atoms with Crippen molar-refractivity contribution in [3.05, 3.63) is 34.5 Å². The third-order valence-corrected chi connectivity index (χ3v) is 4.82. The Morgan fingerprint density at radius 3 is 2.96 bits per heavy atom. The van der Waals surface area contributed by atoms with Crippen molar-refractivity contribution in [1.82, 2.24) is 15.6 Å². The molecule has 2 aliphatic rings. The normalized spacial score (nSPS) is 23.2. The van der Waals surface area contributed by atoms with Gasteiger partial charge in [-0.05, 0) is 32.6 Å². The molecule has 1 saturated heterocycles. The fourth-order valence-electron chi connectivity index (χ4n) is 3.53. The summed E-state index contributed by atoms with van der Waals surface area (Å²) in [4.78, 5) is 12.6. The quantitative estimate of drug-likeness (QED) is 0.919. The molecule has 2 aromatic heterocycles. The predicted octanol–water partition coefficient (Wildman–Crippen LogP) is 1.84. The van der Waals surface area contributed by atoms with E-state index < -0.39 is 0 Å². The van der Waals surface area contributed by atoms with Crippen LogP contribution >= 0.6 is 0 Å². The zero-order chi connectivity index (χ0) is 16.5. The summed E-state index contributed by atoms with van der Waals surface area (Å²) >= 11 is 0. The van der Waals surface area contributed by atoms with Gasteiger partial charge in [-0.15, -0.1) is 0 Å². The maximum atomic E-state index is 12.6. The number of fused-ring (bicyclic) bond motifs is 1. The van der Waals surface area contributed by atoms with Crippen molar-refractivity contribution in [2.45, 2.75) is 45.1 Å². The summed E-state index contributed by atoms with van der Waals surface area (Å²) < 4.78 is 16.2. The van der Waals surface area contributed by atoms with Crippen molar-refractivity contribution in [2.75, 3.05) is 13.2 Å². The number of nitrogens with one attached hydrogen (secondary N) is 1. The minimum absolute atomic E-state index is 0.0627. The van der Waals surface area contributed by atoms with E-state index in [4.69, 9.17) is 13.8 Å². The number of amides is 1. The average Bonchev–Trinajstić information content (AvgIpc) is 3.28. The molecule has 1 aliphatic carbocycles. The molecular formula is C17H21N3O4. The predicted molar refractivity (Wildman–Crippen MR) is 83.7 cm³/mol. The van der Waals surface area contributed by atoms with Crippen molar-refractivity contribution in [2.24, 2.45) is 5.92 Å². The van der Waals surface area contributed by atoms with E-state index in [-0.39, 0.29) is 17.9 Å². The minimum Gasteiger partial charge on any atom is -0.379 e. The summed E-state index contributed by atoms with van der Waals surface area (Å²) in [6, 6.07) is 1.86. The van der Waals surface area contributed by atoms with Crippen LogP contribution in [0.3, 0.4) is 0 Å². The Kier molecular flexibility index (Phi) is 4.10. The number of rotatable bonds is 4. The second-order valence-corrected chi connectivity index (χ2v) is 6.66. The lowest BCUT2D eigenvalue weighted by Gasteiger charge is -2.17. The summed E-state index contributed by atoms with van der Waals surface area (Å²) in [5.41, 5.74) is 2.76. The summed E-state index contributed by atoms with van der Waals surface area (Å²) in [5.74, 6) is 1.16. The summed E-state index contributed by atoms with van der Waals surface area (Å²) in [6.07, 6.45) is 4.64. The molecule has 0 aromatic carbocycles. The van der Waals surface area contributed by atoms with Gasteiger partial charge < -0.3 is 19.1 Å². The largest absolute Gasteiger partial charge is 0.379 e. The third kappa shape index (κ3) is 2.96. The van der Waals surface area contributed by atoms with Crippen LogP contribution in [-0.2, 0) is 24.0 Å². The van der Waals surface area contributed by atoms with Crippen molar-refractivity contribution in [3.8, 4) is 0 Å². The lowest BCUT2D eigenvalue weighted by atomic mass is 9.95. The van der Waals surface area contributed by atoms with Gasteiger partial charge in [0.15, 0.2) is 0 Å². The highest BCUT2D eigenvalue weighted by Crippen LogP contribution is 2.25. The van der Waals surface area contributed by atoms with Gasteiger partial charge in [0.05, 0.1) is 30.6 Å². The monoisotopic (exact) mass is 331 g/mol. The van der Waals surface area contributed by atoms with Gasteiger partial charge >= 0.3 is 0 Å². The van der Waals surface area contributed by atoms with Gasteiger partial charge in [0.1, 0.15) is 5.76 Å². The van der Waals surface area contributed by atoms with Crippen LogP contribution in [-0.4, -0.2) is 35.5 Å². The summed E-state index contributed by atoms with van der Waals surface area (Å²) in [7, 11) is 0. The highest BCUT2D eigenvalue weighted by molar-refractivity contribution is 5.93. The molecule has 1 N–H and O–H groups in total. The van der Waals surface area contributed by atoms with E-state index in [9.17, 15) is 4.79 Å². The van der Waals surface area contributed by atoms with E-state index in [1.54, 1.807) is 0 Å². The number of hydrogen-bond acceptors (Lipinski definition) is 6. The average molecular weight is 331 g/mol. The first-order valence-electron chi connectivity index (χ1n) is 8.49. The molecule has 0 bridgehead atoms. The third-order valence-electron chi connectivity index (χ3n) is 4.82. The lowest BCUT2D eigenvalue weighted by molar-refractivity contribution is 0.0886. The first kappa shape index (κ1) is 15.4. The Morgan fingerprint density at radius 2 is 2.12 bits per heavy atom. The van der Waals surface area contributed by atoms with Crippen LogP contribution in [0.25, 0.3) is 0 Å². The smallest absolute Gasteiger partial charge is 0.290 e. The zero-order valence-corrected chi connectivity index (χ0v) is 13.7. The molecule has 0 unspecified atom stereocenters. The first-order valence-corrected chi connectivity index (χ1v) is 8.49. The molecule has 2 aromatic rings. The molecule has 7 heteroatoms. The SMILES string of the molecule is Cc1cc(C[C@@H]2COC[C@@H]2NC(=O)c2onc3c2CCCC3)on1. The minimum atomic E-state index is -0.195. The standard InChI is InChI=1S/C17H21N3O4/c1-10-6-12(23-19-10)7-11-8-22-9-15(11)18-17(21)16-13-4-2-3-5-14(13)20-24-16/h6,11,15H,2-5,7-9H2,1H3,(H,18,21)/t11-,15+/m1/s1. The van der Waals surface area contributed by atoms with Crippen molar-refractivity contribution in [1.29, 1.82) is 0 Å². The number of nitrogens with zero attached hydrogens (tertiary/aromatic N) is 2. The summed E-state index contributed by atoms with van der Waals surface area (Å²) in [6.45, 7) is 2.99. The van der Waals surface area contributed by atoms with Crippen LogP contribution in [0.2, 0.25) is 0 Å². The van der Waals surface area contributed by atoms with E-state index in [2.05, 4.69) is 15.6 Å². The van der Waals surface area contributed by atoms with Gasteiger partial charge in [0.2, 0.25) is 5.76 Å². The van der Waals surface area contributed by atoms with E-state index >= 15 is 0 Å². The van der Waals surface area contributed by atoms with Gasteiger partial charge in [-0.2, -0.15) is 0 Å². The van der Waals surface area contributed by atoms with E-state index in [1.807, 2.05) is 13.0 Å². The first-order chi connectivity index (χ1) is 11.7. The van der Waals surface area contributed by atoms with Gasteiger partial charge in [-0.3, -0.25) is 4.79 Å². The molecule has 24 heavy (non-hydrogen) atoms. The van der Waals surface area contributed by atoms with Crippen LogP contribution < -0.4 is 5.32 Å². The second kappa shape index (κ2) is 6.39. The molecule has 1 fully saturated rings. The Hall–Kier alpha value is -2.15. The number of carbonyl (C=O) groups excluding carboxylic acids is 1. The van der Waals surface area contributed by atoms with Crippen LogP contribution in [0.5, 0.6) is 0 Å². The number of hydrogen-bond donors (Lipinski definition) is 1. The highest BCUT2D eigenvalue weighted by Gasteiger charge is 2.33. The molecule has 0 spiro atoms. The van der Waals surface area contributed by atoms with E-state index in [0.29, 0.717) is 25.4 Å². The molecule has 1 aliphatic heterocycles. The molecule has 2 atom stereocenters. The van der Waals surface area contributed by atoms with Crippen LogP contribution in [0.1, 0.15) is 46.1 Å².